The largest absolute Gasteiger partial charge is 0.486 e. The van der Waals surface area contributed by atoms with Crippen molar-refractivity contribution in [2.45, 2.75) is 26.4 Å². The third-order valence-corrected chi connectivity index (χ3v) is 4.50. The van der Waals surface area contributed by atoms with Gasteiger partial charge in [-0.15, -0.1) is 5.10 Å². The van der Waals surface area contributed by atoms with Crippen molar-refractivity contribution in [3.63, 3.8) is 0 Å². The Morgan fingerprint density at radius 3 is 2.87 bits per heavy atom. The summed E-state index contributed by atoms with van der Waals surface area (Å²) in [7, 11) is 0. The van der Waals surface area contributed by atoms with Crippen LogP contribution in [0.2, 0.25) is 0 Å². The molecule has 1 atom stereocenters. The topological polar surface area (TPSA) is 64.6 Å². The Hall–Kier alpha value is -2.15. The van der Waals surface area contributed by atoms with Crippen LogP contribution in [0.15, 0.2) is 24.3 Å². The summed E-state index contributed by atoms with van der Waals surface area (Å²) in [5, 5.41) is 4.01. The second kappa shape index (κ2) is 6.95. The van der Waals surface area contributed by atoms with E-state index in [-0.39, 0.29) is 12.0 Å². The SMILES string of the molecule is CCc1nnsc1C(=O)N(CC)CC1COc2ccccc2O1. The Kier molecular flexibility index (Phi) is 4.76. The van der Waals surface area contributed by atoms with Gasteiger partial charge in [-0.1, -0.05) is 23.5 Å². The second-order valence-electron chi connectivity index (χ2n) is 5.24. The third-order valence-electron chi connectivity index (χ3n) is 3.75. The first-order valence-electron chi connectivity index (χ1n) is 7.71. The number of ether oxygens (including phenoxy) is 2. The van der Waals surface area contributed by atoms with Crippen LogP contribution in [0.3, 0.4) is 0 Å². The third kappa shape index (κ3) is 3.29. The first-order valence-corrected chi connectivity index (χ1v) is 8.49. The molecule has 7 heteroatoms. The second-order valence-corrected chi connectivity index (χ2v) is 6.00. The monoisotopic (exact) mass is 333 g/mol. The van der Waals surface area contributed by atoms with Gasteiger partial charge in [-0.2, -0.15) is 0 Å². The van der Waals surface area contributed by atoms with Crippen LogP contribution in [-0.2, 0) is 6.42 Å². The number of aromatic nitrogens is 2. The number of hydrogen-bond acceptors (Lipinski definition) is 6. The predicted octanol–water partition coefficient (Wildman–Crippen LogP) is 2.40. The lowest BCUT2D eigenvalue weighted by atomic mass is 10.2. The van der Waals surface area contributed by atoms with Crippen LogP contribution in [0.1, 0.15) is 29.2 Å². The maximum atomic E-state index is 12.7. The highest BCUT2D eigenvalue weighted by Crippen LogP contribution is 2.31. The lowest BCUT2D eigenvalue weighted by molar-refractivity contribution is 0.0477. The molecule has 0 bridgehead atoms. The van der Waals surface area contributed by atoms with Gasteiger partial charge in [0.05, 0.1) is 12.2 Å². The van der Waals surface area contributed by atoms with Crippen molar-refractivity contribution < 1.29 is 14.3 Å². The number of para-hydroxylation sites is 2. The molecule has 1 unspecified atom stereocenters. The average Bonchev–Trinajstić information content (AvgIpc) is 3.07. The van der Waals surface area contributed by atoms with Crippen LogP contribution in [0.5, 0.6) is 11.5 Å². The van der Waals surface area contributed by atoms with Crippen molar-refractivity contribution in [2.75, 3.05) is 19.7 Å². The number of rotatable bonds is 5. The molecule has 2 aromatic rings. The molecule has 1 aromatic carbocycles. The van der Waals surface area contributed by atoms with Crippen LogP contribution in [0, 0.1) is 0 Å². The van der Waals surface area contributed by atoms with E-state index in [1.54, 1.807) is 4.90 Å². The van der Waals surface area contributed by atoms with Crippen molar-refractivity contribution in [3.05, 3.63) is 34.8 Å². The zero-order valence-corrected chi connectivity index (χ0v) is 14.0. The molecular formula is C16H19N3O3S. The predicted molar refractivity (Wildman–Crippen MR) is 87.2 cm³/mol. The van der Waals surface area contributed by atoms with Crippen LogP contribution in [-0.4, -0.2) is 46.2 Å². The minimum atomic E-state index is -0.181. The first kappa shape index (κ1) is 15.7. The Labute approximate surface area is 139 Å². The van der Waals surface area contributed by atoms with E-state index in [1.165, 1.54) is 0 Å². The number of fused-ring (bicyclic) bond motifs is 1. The number of hydrogen-bond donors (Lipinski definition) is 0. The number of aryl methyl sites for hydroxylation is 1. The number of likely N-dealkylation sites (N-methyl/N-ethyl adjacent to an activating group) is 1. The molecule has 1 aromatic heterocycles. The van der Waals surface area contributed by atoms with E-state index in [0.29, 0.717) is 31.0 Å². The molecule has 1 aliphatic rings. The van der Waals surface area contributed by atoms with Gasteiger partial charge in [-0.25, -0.2) is 0 Å². The molecular weight excluding hydrogens is 314 g/mol. The standard InChI is InChI=1S/C16H19N3O3S/c1-3-12-15(23-18-17-12)16(20)19(4-2)9-11-10-21-13-7-5-6-8-14(13)22-11/h5-8,11H,3-4,9-10H2,1-2H3. The number of benzene rings is 1. The zero-order chi connectivity index (χ0) is 16.2. The van der Waals surface area contributed by atoms with Gasteiger partial charge in [0.2, 0.25) is 0 Å². The Morgan fingerprint density at radius 1 is 1.35 bits per heavy atom. The van der Waals surface area contributed by atoms with Crippen molar-refractivity contribution in [1.82, 2.24) is 14.5 Å². The number of amides is 1. The Bertz CT molecular complexity index is 689. The van der Waals surface area contributed by atoms with E-state index in [1.807, 2.05) is 38.1 Å². The molecule has 3 rings (SSSR count). The molecule has 0 saturated heterocycles. The highest BCUT2D eigenvalue weighted by Gasteiger charge is 2.27. The van der Waals surface area contributed by atoms with Gasteiger partial charge in [0, 0.05) is 6.54 Å². The average molecular weight is 333 g/mol. The van der Waals surface area contributed by atoms with Gasteiger partial charge in [-0.3, -0.25) is 4.79 Å². The highest BCUT2D eigenvalue weighted by atomic mass is 32.1. The van der Waals surface area contributed by atoms with E-state index in [0.717, 1.165) is 28.7 Å². The van der Waals surface area contributed by atoms with Gasteiger partial charge in [0.15, 0.2) is 17.6 Å². The fourth-order valence-corrected chi connectivity index (χ4v) is 3.22. The summed E-state index contributed by atoms with van der Waals surface area (Å²) >= 11 is 1.15. The molecule has 1 aliphatic heterocycles. The van der Waals surface area contributed by atoms with Crippen LogP contribution in [0.25, 0.3) is 0 Å². The van der Waals surface area contributed by atoms with E-state index >= 15 is 0 Å². The Morgan fingerprint density at radius 2 is 2.13 bits per heavy atom. The maximum absolute atomic E-state index is 12.7. The summed E-state index contributed by atoms with van der Waals surface area (Å²) in [6.07, 6.45) is 0.519. The van der Waals surface area contributed by atoms with E-state index < -0.39 is 0 Å². The molecule has 23 heavy (non-hydrogen) atoms. The molecule has 0 saturated carbocycles. The zero-order valence-electron chi connectivity index (χ0n) is 13.2. The van der Waals surface area contributed by atoms with E-state index in [9.17, 15) is 4.79 Å². The van der Waals surface area contributed by atoms with E-state index in [2.05, 4.69) is 9.59 Å². The highest BCUT2D eigenvalue weighted by molar-refractivity contribution is 7.08. The van der Waals surface area contributed by atoms with E-state index in [4.69, 9.17) is 9.47 Å². The minimum absolute atomic E-state index is 0.0400. The number of carbonyl (C=O) groups excluding carboxylic acids is 1. The molecule has 122 valence electrons. The van der Waals surface area contributed by atoms with Crippen molar-refractivity contribution in [3.8, 4) is 11.5 Å². The van der Waals surface area contributed by atoms with Crippen molar-refractivity contribution >= 4 is 17.4 Å². The van der Waals surface area contributed by atoms with Gasteiger partial charge in [0.25, 0.3) is 5.91 Å². The van der Waals surface area contributed by atoms with Crippen molar-refractivity contribution in [1.29, 1.82) is 0 Å². The molecule has 0 aliphatic carbocycles. The van der Waals surface area contributed by atoms with Crippen LogP contribution in [0.4, 0.5) is 0 Å². The van der Waals surface area contributed by atoms with Crippen LogP contribution < -0.4 is 9.47 Å². The molecule has 1 amide bonds. The lowest BCUT2D eigenvalue weighted by Crippen LogP contribution is -2.43. The smallest absolute Gasteiger partial charge is 0.267 e. The fraction of sp³-hybridized carbons (Fsp3) is 0.438. The molecule has 0 fully saturated rings. The molecule has 0 spiro atoms. The van der Waals surface area contributed by atoms with Gasteiger partial charge >= 0.3 is 0 Å². The molecule has 0 radical (unpaired) electrons. The van der Waals surface area contributed by atoms with Crippen molar-refractivity contribution in [2.24, 2.45) is 0 Å². The quantitative estimate of drug-likeness (QED) is 0.841. The normalized spacial score (nSPS) is 16.2. The summed E-state index contributed by atoms with van der Waals surface area (Å²) in [5.74, 6) is 1.43. The number of nitrogens with zero attached hydrogens (tertiary/aromatic N) is 3. The first-order chi connectivity index (χ1) is 11.2. The Balaban J connectivity index is 1.70. The summed E-state index contributed by atoms with van der Waals surface area (Å²) in [6, 6.07) is 7.57. The van der Waals surface area contributed by atoms with Gasteiger partial charge in [0.1, 0.15) is 11.5 Å². The summed E-state index contributed by atoms with van der Waals surface area (Å²) in [4.78, 5) is 15.1. The number of carbonyl (C=O) groups is 1. The fourth-order valence-electron chi connectivity index (χ4n) is 2.50. The maximum Gasteiger partial charge on any atom is 0.267 e. The minimum Gasteiger partial charge on any atom is -0.486 e. The summed E-state index contributed by atoms with van der Waals surface area (Å²) in [5.41, 5.74) is 0.754. The lowest BCUT2D eigenvalue weighted by Gasteiger charge is -2.30. The van der Waals surface area contributed by atoms with Gasteiger partial charge in [-0.05, 0) is 37.0 Å². The summed E-state index contributed by atoms with van der Waals surface area (Å²) in [6.45, 7) is 5.43. The molecule has 6 nitrogen and oxygen atoms in total. The van der Waals surface area contributed by atoms with Gasteiger partial charge < -0.3 is 14.4 Å². The molecule has 0 N–H and O–H groups in total. The molecule has 2 heterocycles. The van der Waals surface area contributed by atoms with Crippen LogP contribution >= 0.6 is 11.5 Å². The summed E-state index contributed by atoms with van der Waals surface area (Å²) < 4.78 is 15.5.